The number of amides is 1. The van der Waals surface area contributed by atoms with Gasteiger partial charge in [0.1, 0.15) is 0 Å². The third-order valence-corrected chi connectivity index (χ3v) is 4.23. The molecule has 0 aliphatic carbocycles. The summed E-state index contributed by atoms with van der Waals surface area (Å²) in [6.45, 7) is 12.4. The molecule has 2 N–H and O–H groups in total. The van der Waals surface area contributed by atoms with Gasteiger partial charge in [-0.1, -0.05) is 30.3 Å². The Morgan fingerprint density at radius 3 is 2.05 bits per heavy atom. The molecule has 0 bridgehead atoms. The van der Waals surface area contributed by atoms with Crippen LogP contribution in [0.25, 0.3) is 0 Å². The van der Waals surface area contributed by atoms with Gasteiger partial charge in [0, 0.05) is 18.1 Å². The Kier molecular flexibility index (Phi) is 4.98. The van der Waals surface area contributed by atoms with Crippen LogP contribution in [0.5, 0.6) is 0 Å². The van der Waals surface area contributed by atoms with Crippen molar-refractivity contribution in [2.75, 3.05) is 0 Å². The SMILES string of the molecule is CC(C)N(Cc1ccccc1)C(=O)C(C)(C)C(C)(C)N. The third kappa shape index (κ3) is 3.60. The zero-order chi connectivity index (χ0) is 15.6. The molecule has 0 saturated heterocycles. The molecular formula is C17H28N2O. The van der Waals surface area contributed by atoms with Gasteiger partial charge in [-0.3, -0.25) is 4.79 Å². The van der Waals surface area contributed by atoms with E-state index in [-0.39, 0.29) is 11.9 Å². The average molecular weight is 276 g/mol. The average Bonchev–Trinajstić information content (AvgIpc) is 2.34. The van der Waals surface area contributed by atoms with E-state index < -0.39 is 11.0 Å². The van der Waals surface area contributed by atoms with Gasteiger partial charge in [-0.2, -0.15) is 0 Å². The van der Waals surface area contributed by atoms with E-state index in [0.717, 1.165) is 5.56 Å². The first-order chi connectivity index (χ1) is 9.07. The zero-order valence-corrected chi connectivity index (χ0v) is 13.6. The number of nitrogens with zero attached hydrogens (tertiary/aromatic N) is 1. The molecule has 0 spiro atoms. The minimum absolute atomic E-state index is 0.101. The predicted molar refractivity (Wildman–Crippen MR) is 84.2 cm³/mol. The second-order valence-electron chi connectivity index (χ2n) is 6.86. The van der Waals surface area contributed by atoms with Gasteiger partial charge in [0.25, 0.3) is 0 Å². The molecule has 0 heterocycles. The van der Waals surface area contributed by atoms with Crippen molar-refractivity contribution in [2.24, 2.45) is 11.1 Å². The van der Waals surface area contributed by atoms with Crippen LogP contribution in [0, 0.1) is 5.41 Å². The van der Waals surface area contributed by atoms with Crippen LogP contribution in [0.4, 0.5) is 0 Å². The van der Waals surface area contributed by atoms with Gasteiger partial charge in [-0.25, -0.2) is 0 Å². The largest absolute Gasteiger partial charge is 0.335 e. The molecule has 0 aliphatic heterocycles. The van der Waals surface area contributed by atoms with Crippen LogP contribution in [0.2, 0.25) is 0 Å². The molecule has 3 heteroatoms. The van der Waals surface area contributed by atoms with E-state index in [9.17, 15) is 4.79 Å². The van der Waals surface area contributed by atoms with Gasteiger partial charge >= 0.3 is 0 Å². The van der Waals surface area contributed by atoms with Crippen molar-refractivity contribution in [1.29, 1.82) is 0 Å². The predicted octanol–water partition coefficient (Wildman–Crippen LogP) is 3.19. The zero-order valence-electron chi connectivity index (χ0n) is 13.6. The van der Waals surface area contributed by atoms with Gasteiger partial charge < -0.3 is 10.6 Å². The molecule has 0 aliphatic rings. The number of hydrogen-bond acceptors (Lipinski definition) is 2. The highest BCUT2D eigenvalue weighted by molar-refractivity contribution is 5.83. The lowest BCUT2D eigenvalue weighted by Gasteiger charge is -2.42. The van der Waals surface area contributed by atoms with Crippen LogP contribution < -0.4 is 5.73 Å². The van der Waals surface area contributed by atoms with Gasteiger partial charge in [-0.15, -0.1) is 0 Å². The second-order valence-corrected chi connectivity index (χ2v) is 6.86. The van der Waals surface area contributed by atoms with Crippen LogP contribution in [-0.2, 0) is 11.3 Å². The van der Waals surface area contributed by atoms with E-state index in [2.05, 4.69) is 0 Å². The lowest BCUT2D eigenvalue weighted by molar-refractivity contribution is -0.146. The van der Waals surface area contributed by atoms with E-state index in [0.29, 0.717) is 6.54 Å². The minimum Gasteiger partial charge on any atom is -0.335 e. The summed E-state index contributed by atoms with van der Waals surface area (Å²) in [5, 5.41) is 0. The van der Waals surface area contributed by atoms with E-state index in [1.165, 1.54) is 0 Å². The Bertz CT molecular complexity index is 444. The topological polar surface area (TPSA) is 46.3 Å². The quantitative estimate of drug-likeness (QED) is 0.897. The number of nitrogens with two attached hydrogens (primary N) is 1. The van der Waals surface area contributed by atoms with Crippen molar-refractivity contribution in [1.82, 2.24) is 4.90 Å². The monoisotopic (exact) mass is 276 g/mol. The Balaban J connectivity index is 3.01. The van der Waals surface area contributed by atoms with Crippen LogP contribution in [-0.4, -0.2) is 22.4 Å². The summed E-state index contributed by atoms with van der Waals surface area (Å²) in [7, 11) is 0. The molecule has 112 valence electrons. The van der Waals surface area contributed by atoms with E-state index >= 15 is 0 Å². The summed E-state index contributed by atoms with van der Waals surface area (Å²) in [6.07, 6.45) is 0. The van der Waals surface area contributed by atoms with Crippen molar-refractivity contribution in [3.8, 4) is 0 Å². The first-order valence-electron chi connectivity index (χ1n) is 7.21. The minimum atomic E-state index is -0.605. The first kappa shape index (κ1) is 16.7. The maximum atomic E-state index is 12.9. The Morgan fingerprint density at radius 2 is 1.65 bits per heavy atom. The Morgan fingerprint density at radius 1 is 1.15 bits per heavy atom. The summed E-state index contributed by atoms with van der Waals surface area (Å²) in [5.74, 6) is 0.101. The van der Waals surface area contributed by atoms with Gasteiger partial charge in [-0.05, 0) is 47.1 Å². The van der Waals surface area contributed by atoms with Gasteiger partial charge in [0.2, 0.25) is 5.91 Å². The maximum Gasteiger partial charge on any atom is 0.230 e. The number of carbonyl (C=O) groups is 1. The van der Waals surface area contributed by atoms with Crippen LogP contribution in [0.3, 0.4) is 0 Å². The third-order valence-electron chi connectivity index (χ3n) is 4.23. The number of benzene rings is 1. The van der Waals surface area contributed by atoms with Crippen molar-refractivity contribution in [3.63, 3.8) is 0 Å². The normalized spacial score (nSPS) is 12.6. The molecule has 0 saturated carbocycles. The summed E-state index contributed by atoms with van der Waals surface area (Å²) in [5.41, 5.74) is 6.17. The fourth-order valence-electron chi connectivity index (χ4n) is 1.90. The molecule has 1 rings (SSSR count). The van der Waals surface area contributed by atoms with Gasteiger partial charge in [0.05, 0.1) is 5.41 Å². The number of hydrogen-bond donors (Lipinski definition) is 1. The number of rotatable bonds is 5. The molecule has 1 aromatic carbocycles. The van der Waals surface area contributed by atoms with E-state index in [1.807, 2.05) is 76.8 Å². The van der Waals surface area contributed by atoms with E-state index in [1.54, 1.807) is 0 Å². The first-order valence-corrected chi connectivity index (χ1v) is 7.21. The standard InChI is InChI=1S/C17H28N2O/c1-13(2)19(12-14-10-8-7-9-11-14)15(20)16(3,4)17(5,6)18/h7-11,13H,12,18H2,1-6H3. The molecule has 20 heavy (non-hydrogen) atoms. The summed E-state index contributed by atoms with van der Waals surface area (Å²) in [4.78, 5) is 14.8. The van der Waals surface area contributed by atoms with E-state index in [4.69, 9.17) is 5.73 Å². The molecule has 0 atom stereocenters. The highest BCUT2D eigenvalue weighted by Gasteiger charge is 2.43. The summed E-state index contributed by atoms with van der Waals surface area (Å²) >= 11 is 0. The second kappa shape index (κ2) is 5.96. The fraction of sp³-hybridized carbons (Fsp3) is 0.588. The van der Waals surface area contributed by atoms with Crippen LogP contribution in [0.15, 0.2) is 30.3 Å². The summed E-state index contributed by atoms with van der Waals surface area (Å²) in [6, 6.07) is 10.2. The molecule has 0 fully saturated rings. The lowest BCUT2D eigenvalue weighted by Crippen LogP contribution is -2.57. The van der Waals surface area contributed by atoms with Crippen molar-refractivity contribution in [3.05, 3.63) is 35.9 Å². The highest BCUT2D eigenvalue weighted by atomic mass is 16.2. The fourth-order valence-corrected chi connectivity index (χ4v) is 1.90. The van der Waals surface area contributed by atoms with Crippen molar-refractivity contribution >= 4 is 5.91 Å². The van der Waals surface area contributed by atoms with Crippen molar-refractivity contribution in [2.45, 2.75) is 59.7 Å². The molecule has 0 unspecified atom stereocenters. The van der Waals surface area contributed by atoms with Gasteiger partial charge in [0.15, 0.2) is 0 Å². The molecular weight excluding hydrogens is 248 g/mol. The summed E-state index contributed by atoms with van der Waals surface area (Å²) < 4.78 is 0. The molecule has 0 aromatic heterocycles. The molecule has 1 amide bonds. The lowest BCUT2D eigenvalue weighted by atomic mass is 9.74. The molecule has 0 radical (unpaired) electrons. The number of carbonyl (C=O) groups excluding carboxylic acids is 1. The molecule has 1 aromatic rings. The maximum absolute atomic E-state index is 12.9. The highest BCUT2D eigenvalue weighted by Crippen LogP contribution is 2.31. The van der Waals surface area contributed by atoms with Crippen LogP contribution in [0.1, 0.15) is 47.1 Å². The van der Waals surface area contributed by atoms with Crippen LogP contribution >= 0.6 is 0 Å². The Hall–Kier alpha value is -1.35. The molecule has 3 nitrogen and oxygen atoms in total. The van der Waals surface area contributed by atoms with Crippen molar-refractivity contribution < 1.29 is 4.79 Å². The Labute approximate surface area is 123 Å². The smallest absolute Gasteiger partial charge is 0.230 e.